The number of carbonyl (C=O) groups is 1. The van der Waals surface area contributed by atoms with Crippen molar-refractivity contribution in [1.29, 1.82) is 0 Å². The molecule has 2 N–H and O–H groups in total. The first-order valence-corrected chi connectivity index (χ1v) is 9.36. The van der Waals surface area contributed by atoms with Crippen LogP contribution in [0.5, 0.6) is 5.75 Å². The van der Waals surface area contributed by atoms with E-state index in [1.807, 2.05) is 42.5 Å². The summed E-state index contributed by atoms with van der Waals surface area (Å²) in [5.41, 5.74) is 3.42. The van der Waals surface area contributed by atoms with Gasteiger partial charge in [-0.3, -0.25) is 4.79 Å². The molecular formula is C24H31NO2. The molecule has 144 valence electrons. The van der Waals surface area contributed by atoms with Crippen molar-refractivity contribution in [1.82, 2.24) is 5.32 Å². The number of benzene rings is 2. The van der Waals surface area contributed by atoms with Gasteiger partial charge in [-0.15, -0.1) is 0 Å². The van der Waals surface area contributed by atoms with E-state index in [1.165, 1.54) is 0 Å². The molecule has 0 aliphatic rings. The van der Waals surface area contributed by atoms with Crippen LogP contribution < -0.4 is 5.32 Å². The molecule has 0 aliphatic heterocycles. The fourth-order valence-electron chi connectivity index (χ4n) is 2.92. The molecule has 0 spiro atoms. The van der Waals surface area contributed by atoms with Crippen LogP contribution in [0.15, 0.2) is 48.5 Å². The van der Waals surface area contributed by atoms with Gasteiger partial charge in [0.05, 0.1) is 0 Å². The lowest BCUT2D eigenvalue weighted by molar-refractivity contribution is -0.116. The number of carbonyl (C=O) groups excluding carboxylic acids is 1. The van der Waals surface area contributed by atoms with Gasteiger partial charge in [-0.05, 0) is 51.3 Å². The van der Waals surface area contributed by atoms with E-state index >= 15 is 0 Å². The Hall–Kier alpha value is -2.55. The molecule has 0 atom stereocenters. The van der Waals surface area contributed by atoms with Crippen molar-refractivity contribution in [3.8, 4) is 5.75 Å². The van der Waals surface area contributed by atoms with E-state index in [0.29, 0.717) is 12.3 Å². The largest absolute Gasteiger partial charge is 0.507 e. The summed E-state index contributed by atoms with van der Waals surface area (Å²) in [4.78, 5) is 12.2. The maximum Gasteiger partial charge on any atom is 0.244 e. The summed E-state index contributed by atoms with van der Waals surface area (Å²) in [7, 11) is 0. The Labute approximate surface area is 163 Å². The number of rotatable bonds is 4. The van der Waals surface area contributed by atoms with Gasteiger partial charge < -0.3 is 10.4 Å². The zero-order valence-corrected chi connectivity index (χ0v) is 17.3. The molecule has 3 heteroatoms. The second-order valence-corrected chi connectivity index (χ2v) is 9.00. The lowest BCUT2D eigenvalue weighted by atomic mass is 9.78. The van der Waals surface area contributed by atoms with Gasteiger partial charge in [0.25, 0.3) is 0 Å². The van der Waals surface area contributed by atoms with Crippen molar-refractivity contribution >= 4 is 12.0 Å². The molecule has 0 saturated carbocycles. The molecule has 0 unspecified atom stereocenters. The molecule has 3 nitrogen and oxygen atoms in total. The summed E-state index contributed by atoms with van der Waals surface area (Å²) in [6.45, 7) is 12.9. The highest BCUT2D eigenvalue weighted by atomic mass is 16.3. The van der Waals surface area contributed by atoms with Crippen LogP contribution in [0.3, 0.4) is 0 Å². The van der Waals surface area contributed by atoms with E-state index in [1.54, 1.807) is 12.2 Å². The Bertz CT molecular complexity index is 787. The molecule has 0 heterocycles. The van der Waals surface area contributed by atoms with Crippen LogP contribution in [0.25, 0.3) is 6.08 Å². The Morgan fingerprint density at radius 3 is 1.96 bits per heavy atom. The van der Waals surface area contributed by atoms with Crippen LogP contribution in [0.2, 0.25) is 0 Å². The summed E-state index contributed by atoms with van der Waals surface area (Å²) in [5.74, 6) is 0.218. The van der Waals surface area contributed by atoms with E-state index in [2.05, 4.69) is 46.9 Å². The van der Waals surface area contributed by atoms with Crippen LogP contribution in [0.4, 0.5) is 0 Å². The van der Waals surface area contributed by atoms with Gasteiger partial charge >= 0.3 is 0 Å². The summed E-state index contributed by atoms with van der Waals surface area (Å²) >= 11 is 0. The predicted molar refractivity (Wildman–Crippen MR) is 113 cm³/mol. The Morgan fingerprint density at radius 2 is 1.48 bits per heavy atom. The topological polar surface area (TPSA) is 49.3 Å². The molecule has 2 aromatic rings. The Kier molecular flexibility index (Phi) is 6.15. The number of phenolic OH excluding ortho intramolecular Hbond substituents is 1. The first-order chi connectivity index (χ1) is 12.5. The third-order valence-corrected chi connectivity index (χ3v) is 4.48. The summed E-state index contributed by atoms with van der Waals surface area (Å²) in [6.07, 6.45) is 3.35. The molecule has 0 aliphatic carbocycles. The van der Waals surface area contributed by atoms with Gasteiger partial charge in [0.15, 0.2) is 0 Å². The number of aromatic hydroxyl groups is 1. The van der Waals surface area contributed by atoms with E-state index in [4.69, 9.17) is 0 Å². The molecule has 27 heavy (non-hydrogen) atoms. The third-order valence-electron chi connectivity index (χ3n) is 4.48. The lowest BCUT2D eigenvalue weighted by Gasteiger charge is -2.28. The maximum atomic E-state index is 12.2. The van der Waals surface area contributed by atoms with Crippen molar-refractivity contribution in [2.45, 2.75) is 58.9 Å². The normalized spacial score (nSPS) is 12.4. The molecule has 0 radical (unpaired) electrons. The van der Waals surface area contributed by atoms with Crippen molar-refractivity contribution < 1.29 is 9.90 Å². The number of amides is 1. The zero-order chi connectivity index (χ0) is 20.2. The average Bonchev–Trinajstić information content (AvgIpc) is 2.58. The second kappa shape index (κ2) is 7.99. The smallest absolute Gasteiger partial charge is 0.244 e. The quantitative estimate of drug-likeness (QED) is 0.721. The Balaban J connectivity index is 2.20. The van der Waals surface area contributed by atoms with Crippen molar-refractivity contribution in [3.63, 3.8) is 0 Å². The summed E-state index contributed by atoms with van der Waals surface area (Å²) in [5, 5.41) is 13.7. The maximum absolute atomic E-state index is 12.2. The molecule has 1 amide bonds. The van der Waals surface area contributed by atoms with Crippen LogP contribution in [0.1, 0.15) is 63.8 Å². The zero-order valence-electron chi connectivity index (χ0n) is 17.3. The standard InChI is InChI=1S/C24H31NO2/c1-23(2,3)19-14-18(15-20(22(19)27)24(4,5)6)16-25-21(26)13-12-17-10-8-7-9-11-17/h7-15,27H,16H2,1-6H3,(H,25,26). The third kappa shape index (κ3) is 5.72. The first kappa shape index (κ1) is 20.8. The SMILES string of the molecule is CC(C)(C)c1cc(CNC(=O)C=Cc2ccccc2)cc(C(C)(C)C)c1O. The fourth-order valence-corrected chi connectivity index (χ4v) is 2.92. The van der Waals surface area contributed by atoms with Crippen LogP contribution in [-0.2, 0) is 22.2 Å². The van der Waals surface area contributed by atoms with Gasteiger partial charge in [-0.2, -0.15) is 0 Å². The highest BCUT2D eigenvalue weighted by Gasteiger charge is 2.26. The number of hydrogen-bond acceptors (Lipinski definition) is 2. The molecule has 0 saturated heterocycles. The fraction of sp³-hybridized carbons (Fsp3) is 0.375. The first-order valence-electron chi connectivity index (χ1n) is 9.36. The van der Waals surface area contributed by atoms with Crippen LogP contribution in [-0.4, -0.2) is 11.0 Å². The molecule has 2 aromatic carbocycles. The highest BCUT2D eigenvalue weighted by molar-refractivity contribution is 5.91. The van der Waals surface area contributed by atoms with E-state index in [0.717, 1.165) is 22.3 Å². The molecule has 0 aromatic heterocycles. The van der Waals surface area contributed by atoms with Gasteiger partial charge in [0.2, 0.25) is 5.91 Å². The van der Waals surface area contributed by atoms with Crippen molar-refractivity contribution in [2.24, 2.45) is 0 Å². The van der Waals surface area contributed by atoms with Gasteiger partial charge in [0, 0.05) is 12.6 Å². The molecule has 0 bridgehead atoms. The minimum absolute atomic E-state index is 0.137. The van der Waals surface area contributed by atoms with Crippen molar-refractivity contribution in [3.05, 3.63) is 70.8 Å². The monoisotopic (exact) mass is 365 g/mol. The summed E-state index contributed by atoms with van der Waals surface area (Å²) in [6, 6.07) is 13.7. The number of nitrogens with one attached hydrogen (secondary N) is 1. The van der Waals surface area contributed by atoms with Gasteiger partial charge in [-0.25, -0.2) is 0 Å². The van der Waals surface area contributed by atoms with E-state index < -0.39 is 0 Å². The second-order valence-electron chi connectivity index (χ2n) is 9.00. The highest BCUT2D eigenvalue weighted by Crippen LogP contribution is 2.39. The van der Waals surface area contributed by atoms with Crippen LogP contribution in [0, 0.1) is 0 Å². The number of hydrogen-bond donors (Lipinski definition) is 2. The Morgan fingerprint density at radius 1 is 0.963 bits per heavy atom. The minimum Gasteiger partial charge on any atom is -0.507 e. The lowest BCUT2D eigenvalue weighted by Crippen LogP contribution is -2.22. The predicted octanol–water partition coefficient (Wildman–Crippen LogP) is 5.32. The van der Waals surface area contributed by atoms with Crippen molar-refractivity contribution in [2.75, 3.05) is 0 Å². The molecule has 2 rings (SSSR count). The summed E-state index contributed by atoms with van der Waals surface area (Å²) < 4.78 is 0. The van der Waals surface area contributed by atoms with E-state index in [9.17, 15) is 9.90 Å². The number of phenols is 1. The van der Waals surface area contributed by atoms with Gasteiger partial charge in [0.1, 0.15) is 5.75 Å². The van der Waals surface area contributed by atoms with Crippen LogP contribution >= 0.6 is 0 Å². The molecule has 0 fully saturated rings. The average molecular weight is 366 g/mol. The van der Waals surface area contributed by atoms with E-state index in [-0.39, 0.29) is 16.7 Å². The van der Waals surface area contributed by atoms with Gasteiger partial charge in [-0.1, -0.05) is 71.9 Å². The minimum atomic E-state index is -0.183. The molecular weight excluding hydrogens is 334 g/mol.